The van der Waals surface area contributed by atoms with E-state index in [2.05, 4.69) is 15.8 Å². The molecule has 0 unspecified atom stereocenters. The number of rotatable bonds is 6. The molecule has 0 aromatic heterocycles. The van der Waals surface area contributed by atoms with E-state index in [1.54, 1.807) is 6.08 Å². The van der Waals surface area contributed by atoms with Gasteiger partial charge in [0.25, 0.3) is 0 Å². The number of ketones is 1. The fourth-order valence-corrected chi connectivity index (χ4v) is 3.98. The summed E-state index contributed by atoms with van der Waals surface area (Å²) in [7, 11) is 1.30. The molecular formula is C20H31NO3. The van der Waals surface area contributed by atoms with Gasteiger partial charge in [-0.25, -0.2) is 4.79 Å². The Hall–Kier alpha value is -1.58. The normalized spacial score (nSPS) is 21.0. The molecule has 134 valence electrons. The molecule has 0 N–H and O–H groups in total. The Kier molecular flexibility index (Phi) is 7.54. The SMILES string of the molecule is COC(=O)/C(=C/C=C/N(C1CCCCC1)C1CCCCC1)C(C)=O. The van der Waals surface area contributed by atoms with Crippen LogP contribution < -0.4 is 0 Å². The van der Waals surface area contributed by atoms with Crippen LogP contribution >= 0.6 is 0 Å². The first-order chi connectivity index (χ1) is 11.6. The number of hydrogen-bond donors (Lipinski definition) is 0. The van der Waals surface area contributed by atoms with Crippen LogP contribution in [0.5, 0.6) is 0 Å². The highest BCUT2D eigenvalue weighted by Gasteiger charge is 2.26. The zero-order valence-electron chi connectivity index (χ0n) is 15.1. The Morgan fingerprint density at radius 2 is 1.42 bits per heavy atom. The summed E-state index contributed by atoms with van der Waals surface area (Å²) >= 11 is 0. The molecule has 2 rings (SSSR count). The molecule has 0 aromatic carbocycles. The van der Waals surface area contributed by atoms with E-state index in [1.165, 1.54) is 78.2 Å². The minimum Gasteiger partial charge on any atom is -0.465 e. The lowest BCUT2D eigenvalue weighted by Crippen LogP contribution is -2.41. The average Bonchev–Trinajstić information content (AvgIpc) is 2.62. The first-order valence-electron chi connectivity index (χ1n) is 9.38. The van der Waals surface area contributed by atoms with Gasteiger partial charge in [-0.05, 0) is 51.0 Å². The fourth-order valence-electron chi connectivity index (χ4n) is 3.98. The summed E-state index contributed by atoms with van der Waals surface area (Å²) in [5.74, 6) is -0.817. The maximum Gasteiger partial charge on any atom is 0.341 e. The Labute approximate surface area is 145 Å². The number of carbonyl (C=O) groups excluding carboxylic acids is 2. The average molecular weight is 333 g/mol. The summed E-state index contributed by atoms with van der Waals surface area (Å²) in [5.41, 5.74) is 0.112. The number of allylic oxidation sites excluding steroid dienone is 2. The predicted molar refractivity (Wildman–Crippen MR) is 95.5 cm³/mol. The van der Waals surface area contributed by atoms with E-state index in [0.717, 1.165) is 0 Å². The molecular weight excluding hydrogens is 302 g/mol. The van der Waals surface area contributed by atoms with Crippen LogP contribution in [0, 0.1) is 0 Å². The van der Waals surface area contributed by atoms with Gasteiger partial charge in [0.1, 0.15) is 5.57 Å². The monoisotopic (exact) mass is 333 g/mol. The lowest BCUT2D eigenvalue weighted by molar-refractivity contribution is -0.137. The summed E-state index contributed by atoms with van der Waals surface area (Å²) in [6.07, 6.45) is 18.5. The Morgan fingerprint density at radius 3 is 1.83 bits per heavy atom. The zero-order chi connectivity index (χ0) is 17.4. The summed E-state index contributed by atoms with van der Waals surface area (Å²) in [4.78, 5) is 25.8. The molecule has 2 aliphatic rings. The lowest BCUT2D eigenvalue weighted by atomic mass is 9.89. The molecule has 0 atom stereocenters. The fraction of sp³-hybridized carbons (Fsp3) is 0.700. The molecule has 24 heavy (non-hydrogen) atoms. The van der Waals surface area contributed by atoms with Gasteiger partial charge in [-0.15, -0.1) is 0 Å². The van der Waals surface area contributed by atoms with Crippen molar-refractivity contribution >= 4 is 11.8 Å². The summed E-state index contributed by atoms with van der Waals surface area (Å²) in [5, 5.41) is 0. The van der Waals surface area contributed by atoms with Crippen molar-refractivity contribution in [3.8, 4) is 0 Å². The third kappa shape index (κ3) is 5.22. The van der Waals surface area contributed by atoms with Crippen LogP contribution in [0.1, 0.15) is 71.1 Å². The van der Waals surface area contributed by atoms with Crippen molar-refractivity contribution in [2.75, 3.05) is 7.11 Å². The molecule has 0 saturated heterocycles. The Balaban J connectivity index is 2.13. The lowest BCUT2D eigenvalue weighted by Gasteiger charge is -2.41. The van der Waals surface area contributed by atoms with Gasteiger partial charge >= 0.3 is 5.97 Å². The topological polar surface area (TPSA) is 46.6 Å². The standard InChI is InChI=1S/C20H31NO3/c1-16(22)19(20(23)24-2)14-9-15-21(17-10-5-3-6-11-17)18-12-7-4-8-13-18/h9,14-15,17-18H,3-8,10-13H2,1-2H3/b15-9+,19-14+. The number of Topliss-reactive ketones (excluding diaryl/α,β-unsaturated/α-hetero) is 1. The Morgan fingerprint density at radius 1 is 0.917 bits per heavy atom. The third-order valence-corrected chi connectivity index (χ3v) is 5.30. The quantitative estimate of drug-likeness (QED) is 0.241. The van der Waals surface area contributed by atoms with Crippen molar-refractivity contribution in [1.82, 2.24) is 4.90 Å². The van der Waals surface area contributed by atoms with Gasteiger partial charge in [0.2, 0.25) is 0 Å². The van der Waals surface area contributed by atoms with Crippen LogP contribution in [-0.2, 0) is 14.3 Å². The largest absolute Gasteiger partial charge is 0.465 e. The van der Waals surface area contributed by atoms with Gasteiger partial charge in [-0.2, -0.15) is 0 Å². The van der Waals surface area contributed by atoms with Gasteiger partial charge in [-0.3, -0.25) is 4.79 Å². The summed E-state index contributed by atoms with van der Waals surface area (Å²) in [6.45, 7) is 1.40. The van der Waals surface area contributed by atoms with Crippen molar-refractivity contribution < 1.29 is 14.3 Å². The van der Waals surface area contributed by atoms with Gasteiger partial charge in [0.05, 0.1) is 7.11 Å². The third-order valence-electron chi connectivity index (χ3n) is 5.30. The number of esters is 1. The molecule has 0 spiro atoms. The first-order valence-corrected chi connectivity index (χ1v) is 9.38. The summed E-state index contributed by atoms with van der Waals surface area (Å²) < 4.78 is 4.69. The molecule has 4 heteroatoms. The molecule has 0 amide bonds. The van der Waals surface area contributed by atoms with E-state index in [1.807, 2.05) is 6.08 Å². The molecule has 2 saturated carbocycles. The van der Waals surface area contributed by atoms with Gasteiger partial charge in [0, 0.05) is 12.1 Å². The van der Waals surface area contributed by atoms with Crippen molar-refractivity contribution in [2.45, 2.75) is 83.2 Å². The second kappa shape index (κ2) is 9.65. The highest BCUT2D eigenvalue weighted by Crippen LogP contribution is 2.30. The zero-order valence-corrected chi connectivity index (χ0v) is 15.1. The van der Waals surface area contributed by atoms with Crippen molar-refractivity contribution in [1.29, 1.82) is 0 Å². The van der Waals surface area contributed by atoms with Crippen LogP contribution in [0.3, 0.4) is 0 Å². The van der Waals surface area contributed by atoms with Gasteiger partial charge < -0.3 is 9.64 Å². The highest BCUT2D eigenvalue weighted by atomic mass is 16.5. The molecule has 0 heterocycles. The number of hydrogen-bond acceptors (Lipinski definition) is 4. The molecule has 0 aliphatic heterocycles. The molecule has 4 nitrogen and oxygen atoms in total. The minimum absolute atomic E-state index is 0.112. The van der Waals surface area contributed by atoms with Crippen molar-refractivity contribution in [3.05, 3.63) is 23.9 Å². The predicted octanol–water partition coefficient (Wildman–Crippen LogP) is 4.16. The highest BCUT2D eigenvalue weighted by molar-refractivity contribution is 6.16. The molecule has 0 radical (unpaired) electrons. The second-order valence-electron chi connectivity index (χ2n) is 7.00. The minimum atomic E-state index is -0.561. The number of carbonyl (C=O) groups is 2. The van der Waals surface area contributed by atoms with E-state index in [0.29, 0.717) is 12.1 Å². The van der Waals surface area contributed by atoms with Crippen LogP contribution in [-0.4, -0.2) is 35.8 Å². The molecule has 2 aliphatic carbocycles. The van der Waals surface area contributed by atoms with Crippen LogP contribution in [0.15, 0.2) is 23.9 Å². The maximum absolute atomic E-state index is 11.7. The van der Waals surface area contributed by atoms with Crippen molar-refractivity contribution in [3.63, 3.8) is 0 Å². The van der Waals surface area contributed by atoms with E-state index in [-0.39, 0.29) is 11.4 Å². The number of nitrogens with zero attached hydrogens (tertiary/aromatic N) is 1. The second-order valence-corrected chi connectivity index (χ2v) is 7.00. The van der Waals surface area contributed by atoms with Crippen LogP contribution in [0.4, 0.5) is 0 Å². The van der Waals surface area contributed by atoms with Crippen LogP contribution in [0.2, 0.25) is 0 Å². The smallest absolute Gasteiger partial charge is 0.341 e. The van der Waals surface area contributed by atoms with E-state index in [4.69, 9.17) is 0 Å². The molecule has 0 aromatic rings. The molecule has 0 bridgehead atoms. The maximum atomic E-state index is 11.7. The van der Waals surface area contributed by atoms with E-state index >= 15 is 0 Å². The van der Waals surface area contributed by atoms with Gasteiger partial charge in [-0.1, -0.05) is 38.5 Å². The van der Waals surface area contributed by atoms with Crippen molar-refractivity contribution in [2.24, 2.45) is 0 Å². The van der Waals surface area contributed by atoms with Crippen LogP contribution in [0.25, 0.3) is 0 Å². The van der Waals surface area contributed by atoms with Gasteiger partial charge in [0.15, 0.2) is 5.78 Å². The first kappa shape index (κ1) is 18.8. The van der Waals surface area contributed by atoms with E-state index in [9.17, 15) is 9.59 Å². The Bertz CT molecular complexity index is 465. The number of ether oxygens (including phenoxy) is 1. The molecule has 2 fully saturated rings. The summed E-state index contributed by atoms with van der Waals surface area (Å²) in [6, 6.07) is 1.20. The van der Waals surface area contributed by atoms with E-state index < -0.39 is 5.97 Å². The number of methoxy groups -OCH3 is 1.